The highest BCUT2D eigenvalue weighted by Crippen LogP contribution is 2.29. The van der Waals surface area contributed by atoms with Crippen LogP contribution in [0, 0.1) is 0 Å². The van der Waals surface area contributed by atoms with Crippen LogP contribution in [0.2, 0.25) is 5.02 Å². The fourth-order valence-electron chi connectivity index (χ4n) is 2.38. The SMILES string of the molecule is O=C(O)C(Cc1ccccc1Cl)c1nccc2occc12. The van der Waals surface area contributed by atoms with Gasteiger partial charge in [0.1, 0.15) is 11.5 Å². The molecule has 0 saturated carbocycles. The van der Waals surface area contributed by atoms with Crippen LogP contribution in [0.3, 0.4) is 0 Å². The summed E-state index contributed by atoms with van der Waals surface area (Å²) in [6, 6.07) is 10.7. The number of nitrogens with zero attached hydrogens (tertiary/aromatic N) is 1. The monoisotopic (exact) mass is 301 g/mol. The van der Waals surface area contributed by atoms with E-state index >= 15 is 0 Å². The Hall–Kier alpha value is -2.33. The van der Waals surface area contributed by atoms with Gasteiger partial charge in [-0.3, -0.25) is 9.78 Å². The predicted molar refractivity (Wildman–Crippen MR) is 79.5 cm³/mol. The van der Waals surface area contributed by atoms with Gasteiger partial charge >= 0.3 is 5.97 Å². The summed E-state index contributed by atoms with van der Waals surface area (Å²) in [7, 11) is 0. The number of pyridine rings is 1. The second kappa shape index (κ2) is 5.58. The van der Waals surface area contributed by atoms with Crippen LogP contribution in [0.5, 0.6) is 0 Å². The van der Waals surface area contributed by atoms with Gasteiger partial charge in [-0.2, -0.15) is 0 Å². The Kier molecular flexibility index (Phi) is 3.62. The van der Waals surface area contributed by atoms with Crippen LogP contribution in [0.15, 0.2) is 53.3 Å². The maximum atomic E-state index is 11.7. The van der Waals surface area contributed by atoms with E-state index in [4.69, 9.17) is 16.0 Å². The standard InChI is InChI=1S/C16H12ClNO3/c17-13-4-2-1-3-10(13)9-12(16(19)20)15-11-6-8-21-14(11)5-7-18-15/h1-8,12H,9H2,(H,19,20). The summed E-state index contributed by atoms with van der Waals surface area (Å²) >= 11 is 6.13. The summed E-state index contributed by atoms with van der Waals surface area (Å²) in [5.74, 6) is -1.71. The second-order valence-electron chi connectivity index (χ2n) is 4.71. The minimum absolute atomic E-state index is 0.284. The zero-order chi connectivity index (χ0) is 14.8. The molecule has 0 radical (unpaired) electrons. The molecule has 1 unspecified atom stereocenters. The summed E-state index contributed by atoms with van der Waals surface area (Å²) in [6.45, 7) is 0. The predicted octanol–water partition coefficient (Wildman–Crippen LogP) is 3.89. The van der Waals surface area contributed by atoms with Gasteiger partial charge in [0, 0.05) is 16.6 Å². The Morgan fingerprint density at radius 1 is 1.29 bits per heavy atom. The molecular weight excluding hydrogens is 290 g/mol. The van der Waals surface area contributed by atoms with E-state index in [1.807, 2.05) is 18.2 Å². The van der Waals surface area contributed by atoms with Crippen LogP contribution in [0.1, 0.15) is 17.2 Å². The van der Waals surface area contributed by atoms with Gasteiger partial charge in [0.05, 0.1) is 12.0 Å². The highest BCUT2D eigenvalue weighted by molar-refractivity contribution is 6.31. The molecule has 0 amide bonds. The van der Waals surface area contributed by atoms with Crippen molar-refractivity contribution in [3.63, 3.8) is 0 Å². The third-order valence-electron chi connectivity index (χ3n) is 3.42. The fraction of sp³-hybridized carbons (Fsp3) is 0.125. The Labute approximate surface area is 126 Å². The number of fused-ring (bicyclic) bond motifs is 1. The Balaban J connectivity index is 2.05. The fourth-order valence-corrected chi connectivity index (χ4v) is 2.59. The first kappa shape index (κ1) is 13.6. The minimum atomic E-state index is -0.934. The molecule has 2 heterocycles. The lowest BCUT2D eigenvalue weighted by Crippen LogP contribution is -2.16. The van der Waals surface area contributed by atoms with Gasteiger partial charge in [0.15, 0.2) is 0 Å². The molecule has 0 fully saturated rings. The number of furan rings is 1. The molecule has 0 aliphatic carbocycles. The van der Waals surface area contributed by atoms with Crippen LogP contribution in [-0.4, -0.2) is 16.1 Å². The molecule has 2 aromatic heterocycles. The lowest BCUT2D eigenvalue weighted by molar-refractivity contribution is -0.138. The maximum absolute atomic E-state index is 11.7. The summed E-state index contributed by atoms with van der Waals surface area (Å²) in [4.78, 5) is 15.9. The minimum Gasteiger partial charge on any atom is -0.481 e. The first-order valence-corrected chi connectivity index (χ1v) is 6.83. The number of aliphatic carboxylic acids is 1. The largest absolute Gasteiger partial charge is 0.481 e. The van der Waals surface area contributed by atoms with Gasteiger partial charge in [0.25, 0.3) is 0 Å². The molecule has 0 aliphatic rings. The highest BCUT2D eigenvalue weighted by atomic mass is 35.5. The number of carboxylic acids is 1. The highest BCUT2D eigenvalue weighted by Gasteiger charge is 2.25. The molecule has 106 valence electrons. The lowest BCUT2D eigenvalue weighted by atomic mass is 9.94. The van der Waals surface area contributed by atoms with Crippen molar-refractivity contribution in [1.29, 1.82) is 0 Å². The van der Waals surface area contributed by atoms with Crippen molar-refractivity contribution in [2.24, 2.45) is 0 Å². The zero-order valence-corrected chi connectivity index (χ0v) is 11.7. The van der Waals surface area contributed by atoms with E-state index in [-0.39, 0.29) is 6.42 Å². The van der Waals surface area contributed by atoms with E-state index in [2.05, 4.69) is 4.98 Å². The number of carbonyl (C=O) groups is 1. The van der Waals surface area contributed by atoms with Crippen molar-refractivity contribution in [3.05, 3.63) is 65.1 Å². The van der Waals surface area contributed by atoms with E-state index in [9.17, 15) is 9.90 Å². The number of halogens is 1. The van der Waals surface area contributed by atoms with Gasteiger partial charge in [-0.1, -0.05) is 29.8 Å². The number of benzene rings is 1. The molecule has 0 bridgehead atoms. The van der Waals surface area contributed by atoms with Crippen molar-refractivity contribution < 1.29 is 14.3 Å². The van der Waals surface area contributed by atoms with E-state index in [1.165, 1.54) is 6.26 Å². The molecule has 21 heavy (non-hydrogen) atoms. The Bertz CT molecular complexity index is 797. The molecule has 3 rings (SSSR count). The quantitative estimate of drug-likeness (QED) is 0.794. The van der Waals surface area contributed by atoms with Crippen LogP contribution < -0.4 is 0 Å². The van der Waals surface area contributed by atoms with Crippen molar-refractivity contribution in [1.82, 2.24) is 4.98 Å². The average molecular weight is 302 g/mol. The molecular formula is C16H12ClNO3. The molecule has 3 aromatic rings. The van der Waals surface area contributed by atoms with E-state index in [0.717, 1.165) is 10.9 Å². The number of aromatic nitrogens is 1. The summed E-state index contributed by atoms with van der Waals surface area (Å²) in [5.41, 5.74) is 1.91. The van der Waals surface area contributed by atoms with E-state index in [0.29, 0.717) is 16.3 Å². The zero-order valence-electron chi connectivity index (χ0n) is 11.0. The molecule has 0 spiro atoms. The van der Waals surface area contributed by atoms with Gasteiger partial charge < -0.3 is 9.52 Å². The number of carboxylic acid groups (broad SMARTS) is 1. The van der Waals surface area contributed by atoms with Crippen molar-refractivity contribution in [2.75, 3.05) is 0 Å². The summed E-state index contributed by atoms with van der Waals surface area (Å²) in [5, 5.41) is 10.8. The van der Waals surface area contributed by atoms with Gasteiger partial charge in [-0.05, 0) is 30.2 Å². The lowest BCUT2D eigenvalue weighted by Gasteiger charge is -2.13. The summed E-state index contributed by atoms with van der Waals surface area (Å²) < 4.78 is 5.30. The first-order valence-electron chi connectivity index (χ1n) is 6.45. The molecule has 5 heteroatoms. The third-order valence-corrected chi connectivity index (χ3v) is 3.79. The van der Waals surface area contributed by atoms with Gasteiger partial charge in [-0.25, -0.2) is 0 Å². The molecule has 1 aromatic carbocycles. The smallest absolute Gasteiger partial charge is 0.312 e. The van der Waals surface area contributed by atoms with Crippen molar-refractivity contribution >= 4 is 28.5 Å². The van der Waals surface area contributed by atoms with Gasteiger partial charge in [-0.15, -0.1) is 0 Å². The Morgan fingerprint density at radius 3 is 2.86 bits per heavy atom. The average Bonchev–Trinajstić information content (AvgIpc) is 2.94. The molecule has 1 N–H and O–H groups in total. The first-order chi connectivity index (χ1) is 10.2. The molecule has 1 atom stereocenters. The Morgan fingerprint density at radius 2 is 2.10 bits per heavy atom. The topological polar surface area (TPSA) is 63.3 Å². The van der Waals surface area contributed by atoms with Crippen molar-refractivity contribution in [3.8, 4) is 0 Å². The normalized spacial score (nSPS) is 12.4. The van der Waals surface area contributed by atoms with Crippen LogP contribution >= 0.6 is 11.6 Å². The number of hydrogen-bond acceptors (Lipinski definition) is 3. The third kappa shape index (κ3) is 2.62. The van der Waals surface area contributed by atoms with Gasteiger partial charge in [0.2, 0.25) is 0 Å². The maximum Gasteiger partial charge on any atom is 0.312 e. The molecule has 0 aliphatic heterocycles. The van der Waals surface area contributed by atoms with E-state index in [1.54, 1.807) is 24.4 Å². The molecule has 4 nitrogen and oxygen atoms in total. The molecule has 0 saturated heterocycles. The number of rotatable bonds is 4. The van der Waals surface area contributed by atoms with Crippen LogP contribution in [0.25, 0.3) is 11.0 Å². The number of hydrogen-bond donors (Lipinski definition) is 1. The second-order valence-corrected chi connectivity index (χ2v) is 5.12. The van der Waals surface area contributed by atoms with E-state index < -0.39 is 11.9 Å². The van der Waals surface area contributed by atoms with Crippen LogP contribution in [-0.2, 0) is 11.2 Å². The van der Waals surface area contributed by atoms with Crippen LogP contribution in [0.4, 0.5) is 0 Å². The van der Waals surface area contributed by atoms with Crippen molar-refractivity contribution in [2.45, 2.75) is 12.3 Å². The summed E-state index contributed by atoms with van der Waals surface area (Å²) in [6.07, 6.45) is 3.38.